The molecule has 0 fully saturated rings. The molecule has 0 heterocycles. The van der Waals surface area contributed by atoms with E-state index < -0.39 is 12.6 Å². The van der Waals surface area contributed by atoms with Crippen molar-refractivity contribution in [2.24, 2.45) is 0 Å². The highest BCUT2D eigenvalue weighted by Gasteiger charge is 2.25. The predicted molar refractivity (Wildman–Crippen MR) is 67.7 cm³/mol. The van der Waals surface area contributed by atoms with Gasteiger partial charge in [-0.3, -0.25) is 4.79 Å². The van der Waals surface area contributed by atoms with E-state index in [1.165, 1.54) is 11.8 Å². The minimum Gasteiger partial charge on any atom is -0.462 e. The fraction of sp³-hybridized carbons (Fsp3) is 0.917. The Labute approximate surface area is 111 Å². The monoisotopic (exact) mass is 286 g/mol. The molecule has 0 bridgehead atoms. The summed E-state index contributed by atoms with van der Waals surface area (Å²) in [5.74, 6) is 0.428. The Morgan fingerprint density at radius 1 is 1.17 bits per heavy atom. The number of hydrogen-bond acceptors (Lipinski definition) is 3. The number of unbranched alkanes of at least 4 members (excludes halogenated alkanes) is 2. The lowest BCUT2D eigenvalue weighted by Gasteiger charge is -2.13. The summed E-state index contributed by atoms with van der Waals surface area (Å²) < 4.78 is 40.6. The molecule has 0 aliphatic carbocycles. The molecule has 0 rings (SSSR count). The van der Waals surface area contributed by atoms with E-state index >= 15 is 0 Å². The van der Waals surface area contributed by atoms with Gasteiger partial charge in [0.15, 0.2) is 0 Å². The zero-order chi connectivity index (χ0) is 14.2. The van der Waals surface area contributed by atoms with Crippen LogP contribution >= 0.6 is 11.8 Å². The van der Waals surface area contributed by atoms with Crippen molar-refractivity contribution in [2.75, 3.05) is 5.75 Å². The topological polar surface area (TPSA) is 26.3 Å². The van der Waals surface area contributed by atoms with Crippen molar-refractivity contribution < 1.29 is 22.7 Å². The zero-order valence-electron chi connectivity index (χ0n) is 11.0. The summed E-state index contributed by atoms with van der Waals surface area (Å²) in [6.07, 6.45) is -3.51. The second-order valence-corrected chi connectivity index (χ2v) is 5.87. The van der Waals surface area contributed by atoms with Crippen LogP contribution < -0.4 is 0 Å². The van der Waals surface area contributed by atoms with Crippen molar-refractivity contribution in [1.29, 1.82) is 0 Å². The lowest BCUT2D eigenvalue weighted by Crippen LogP contribution is -2.21. The first kappa shape index (κ1) is 17.6. The van der Waals surface area contributed by atoms with Crippen molar-refractivity contribution in [1.82, 2.24) is 0 Å². The third-order valence-electron chi connectivity index (χ3n) is 2.16. The third kappa shape index (κ3) is 10.7. The smallest absolute Gasteiger partial charge is 0.389 e. The van der Waals surface area contributed by atoms with Crippen LogP contribution in [-0.4, -0.2) is 29.3 Å². The summed E-state index contributed by atoms with van der Waals surface area (Å²) in [6.45, 7) is 5.32. The lowest BCUT2D eigenvalue weighted by molar-refractivity contribution is -0.146. The van der Waals surface area contributed by atoms with Crippen LogP contribution in [0.25, 0.3) is 0 Å². The van der Waals surface area contributed by atoms with Gasteiger partial charge in [0.05, 0.1) is 11.4 Å². The second-order valence-electron chi connectivity index (χ2n) is 4.42. The SMILES string of the molecule is CC(C)OC(=O)C(C)SCCCCCC(F)(F)F. The van der Waals surface area contributed by atoms with Crippen LogP contribution in [0.4, 0.5) is 13.2 Å². The van der Waals surface area contributed by atoms with Gasteiger partial charge in [-0.1, -0.05) is 6.42 Å². The summed E-state index contributed by atoms with van der Waals surface area (Å²) >= 11 is 1.43. The van der Waals surface area contributed by atoms with Gasteiger partial charge in [-0.2, -0.15) is 13.2 Å². The number of esters is 1. The molecule has 0 spiro atoms. The molecule has 0 radical (unpaired) electrons. The van der Waals surface area contributed by atoms with Gasteiger partial charge in [-0.25, -0.2) is 0 Å². The maximum atomic E-state index is 11.9. The summed E-state index contributed by atoms with van der Waals surface area (Å²) in [5.41, 5.74) is 0. The first-order valence-corrected chi connectivity index (χ1v) is 7.16. The van der Waals surface area contributed by atoms with Gasteiger partial charge in [-0.15, -0.1) is 11.8 Å². The van der Waals surface area contributed by atoms with Crippen LogP contribution in [0.1, 0.15) is 46.5 Å². The van der Waals surface area contributed by atoms with Crippen LogP contribution in [0.3, 0.4) is 0 Å². The van der Waals surface area contributed by atoms with Crippen molar-refractivity contribution >= 4 is 17.7 Å². The Morgan fingerprint density at radius 3 is 2.28 bits per heavy atom. The van der Waals surface area contributed by atoms with Gasteiger partial charge in [0.2, 0.25) is 0 Å². The Balaban J connectivity index is 3.51. The fourth-order valence-electron chi connectivity index (χ4n) is 1.26. The largest absolute Gasteiger partial charge is 0.462 e. The Bertz CT molecular complexity index is 242. The van der Waals surface area contributed by atoms with Crippen LogP contribution in [0.5, 0.6) is 0 Å². The van der Waals surface area contributed by atoms with Gasteiger partial charge in [0.1, 0.15) is 0 Å². The van der Waals surface area contributed by atoms with Crippen molar-refractivity contribution in [3.8, 4) is 0 Å². The van der Waals surface area contributed by atoms with Crippen molar-refractivity contribution in [3.63, 3.8) is 0 Å². The molecule has 0 saturated heterocycles. The maximum absolute atomic E-state index is 11.9. The average molecular weight is 286 g/mol. The number of rotatable bonds is 8. The molecular weight excluding hydrogens is 265 g/mol. The van der Waals surface area contributed by atoms with E-state index in [2.05, 4.69) is 0 Å². The van der Waals surface area contributed by atoms with Gasteiger partial charge < -0.3 is 4.74 Å². The maximum Gasteiger partial charge on any atom is 0.389 e. The Hall–Kier alpha value is -0.390. The van der Waals surface area contributed by atoms with Gasteiger partial charge >= 0.3 is 12.1 Å². The molecule has 0 N–H and O–H groups in total. The zero-order valence-corrected chi connectivity index (χ0v) is 11.9. The highest BCUT2D eigenvalue weighted by molar-refractivity contribution is 8.00. The number of ether oxygens (including phenoxy) is 1. The summed E-state index contributed by atoms with van der Waals surface area (Å²) in [6, 6.07) is 0. The molecule has 108 valence electrons. The van der Waals surface area contributed by atoms with E-state index in [1.54, 1.807) is 20.8 Å². The molecule has 0 aliphatic rings. The van der Waals surface area contributed by atoms with Crippen molar-refractivity contribution in [2.45, 2.75) is 64.0 Å². The molecular formula is C12H21F3O2S. The summed E-state index contributed by atoms with van der Waals surface area (Å²) in [4.78, 5) is 11.4. The van der Waals surface area contributed by atoms with E-state index in [-0.39, 0.29) is 23.7 Å². The van der Waals surface area contributed by atoms with Gasteiger partial charge in [0.25, 0.3) is 0 Å². The van der Waals surface area contributed by atoms with Crippen molar-refractivity contribution in [3.05, 3.63) is 0 Å². The summed E-state index contributed by atoms with van der Waals surface area (Å²) in [5, 5.41) is -0.255. The molecule has 0 aromatic carbocycles. The highest BCUT2D eigenvalue weighted by Crippen LogP contribution is 2.23. The van der Waals surface area contributed by atoms with E-state index in [4.69, 9.17) is 4.74 Å². The minimum atomic E-state index is -4.05. The second kappa shape index (κ2) is 8.67. The number of halogens is 3. The molecule has 1 unspecified atom stereocenters. The van der Waals surface area contributed by atoms with E-state index in [0.717, 1.165) is 0 Å². The van der Waals surface area contributed by atoms with Crippen LogP contribution in [0, 0.1) is 0 Å². The number of carbonyl (C=O) groups is 1. The molecule has 0 aromatic heterocycles. The van der Waals surface area contributed by atoms with E-state index in [0.29, 0.717) is 18.6 Å². The number of alkyl halides is 3. The van der Waals surface area contributed by atoms with E-state index in [1.807, 2.05) is 0 Å². The first-order valence-electron chi connectivity index (χ1n) is 6.11. The molecule has 0 saturated carbocycles. The molecule has 0 aromatic rings. The van der Waals surface area contributed by atoms with Gasteiger partial charge in [0, 0.05) is 6.42 Å². The lowest BCUT2D eigenvalue weighted by atomic mass is 10.2. The Kier molecular flexibility index (Phi) is 8.48. The number of hydrogen-bond donors (Lipinski definition) is 0. The summed E-state index contributed by atoms with van der Waals surface area (Å²) in [7, 11) is 0. The standard InChI is InChI=1S/C12H21F3O2S/c1-9(2)17-11(16)10(3)18-8-6-4-5-7-12(13,14)15/h9-10H,4-8H2,1-3H3. The molecule has 18 heavy (non-hydrogen) atoms. The number of thioether (sulfide) groups is 1. The fourth-order valence-corrected chi connectivity index (χ4v) is 2.18. The molecule has 0 aliphatic heterocycles. The first-order chi connectivity index (χ1) is 8.22. The average Bonchev–Trinajstić information content (AvgIpc) is 2.20. The van der Waals surface area contributed by atoms with Crippen LogP contribution in [0.2, 0.25) is 0 Å². The molecule has 2 nitrogen and oxygen atoms in total. The molecule has 6 heteroatoms. The minimum absolute atomic E-state index is 0.132. The predicted octanol–water partition coefficient (Wildman–Crippen LogP) is 4.18. The van der Waals surface area contributed by atoms with Crippen LogP contribution in [-0.2, 0) is 9.53 Å². The molecule has 0 amide bonds. The third-order valence-corrected chi connectivity index (χ3v) is 3.37. The van der Waals surface area contributed by atoms with Crippen LogP contribution in [0.15, 0.2) is 0 Å². The molecule has 1 atom stereocenters. The Morgan fingerprint density at radius 2 is 1.78 bits per heavy atom. The normalized spacial score (nSPS) is 13.7. The van der Waals surface area contributed by atoms with Gasteiger partial charge in [-0.05, 0) is 39.4 Å². The number of carbonyl (C=O) groups excluding carboxylic acids is 1. The quantitative estimate of drug-likeness (QED) is 0.494. The highest BCUT2D eigenvalue weighted by atomic mass is 32.2. The van der Waals surface area contributed by atoms with E-state index in [9.17, 15) is 18.0 Å².